The molecule has 2 rings (SSSR count). The molecule has 0 aromatic heterocycles. The van der Waals surface area contributed by atoms with Gasteiger partial charge >= 0.3 is 0 Å². The quantitative estimate of drug-likeness (QED) is 0.720. The standard InChI is InChI=1S/C11H21NO2/c1-14-9-6-7-12(8-9)10-4-2-3-5-11(10)13/h9-11,13H,2-8H2,1H3/t9?,10-,11-/m0/s1. The molecule has 0 radical (unpaired) electrons. The van der Waals surface area contributed by atoms with E-state index in [9.17, 15) is 5.11 Å². The van der Waals surface area contributed by atoms with Crippen LogP contribution in [0.3, 0.4) is 0 Å². The normalized spacial score (nSPS) is 40.3. The van der Waals surface area contributed by atoms with Gasteiger partial charge in [0.05, 0.1) is 12.2 Å². The lowest BCUT2D eigenvalue weighted by Crippen LogP contribution is -2.44. The van der Waals surface area contributed by atoms with E-state index in [0.29, 0.717) is 12.1 Å². The third-order valence-electron chi connectivity index (χ3n) is 3.67. The van der Waals surface area contributed by atoms with Crippen molar-refractivity contribution in [2.24, 2.45) is 0 Å². The molecule has 1 aliphatic carbocycles. The van der Waals surface area contributed by atoms with E-state index in [-0.39, 0.29) is 6.10 Å². The van der Waals surface area contributed by atoms with Gasteiger partial charge in [0.2, 0.25) is 0 Å². The highest BCUT2D eigenvalue weighted by Crippen LogP contribution is 2.26. The molecular formula is C11H21NO2. The summed E-state index contributed by atoms with van der Waals surface area (Å²) in [6.45, 7) is 2.11. The highest BCUT2D eigenvalue weighted by Gasteiger charge is 2.33. The second-order valence-corrected chi connectivity index (χ2v) is 4.56. The van der Waals surface area contributed by atoms with Crippen LogP contribution in [0.1, 0.15) is 32.1 Å². The number of hydrogen-bond donors (Lipinski definition) is 1. The smallest absolute Gasteiger partial charge is 0.0710 e. The van der Waals surface area contributed by atoms with Crippen LogP contribution in [0.5, 0.6) is 0 Å². The Hall–Kier alpha value is -0.120. The molecule has 14 heavy (non-hydrogen) atoms. The summed E-state index contributed by atoms with van der Waals surface area (Å²) >= 11 is 0. The van der Waals surface area contributed by atoms with Crippen LogP contribution in [0.4, 0.5) is 0 Å². The molecule has 82 valence electrons. The maximum Gasteiger partial charge on any atom is 0.0710 e. The molecule has 1 saturated heterocycles. The van der Waals surface area contributed by atoms with Crippen LogP contribution in [-0.4, -0.2) is 48.5 Å². The first-order chi connectivity index (χ1) is 6.81. The minimum atomic E-state index is -0.0978. The van der Waals surface area contributed by atoms with E-state index in [2.05, 4.69) is 4.90 Å². The second kappa shape index (κ2) is 4.60. The van der Waals surface area contributed by atoms with Gasteiger partial charge in [0.15, 0.2) is 0 Å². The summed E-state index contributed by atoms with van der Waals surface area (Å²) in [5.74, 6) is 0. The van der Waals surface area contributed by atoms with Crippen LogP contribution < -0.4 is 0 Å². The molecule has 1 aliphatic heterocycles. The lowest BCUT2D eigenvalue weighted by Gasteiger charge is -2.35. The first-order valence-electron chi connectivity index (χ1n) is 5.76. The van der Waals surface area contributed by atoms with Crippen molar-refractivity contribution in [1.82, 2.24) is 4.90 Å². The van der Waals surface area contributed by atoms with Crippen molar-refractivity contribution in [2.75, 3.05) is 20.2 Å². The molecule has 0 amide bonds. The molecule has 1 N–H and O–H groups in total. The number of methoxy groups -OCH3 is 1. The van der Waals surface area contributed by atoms with E-state index < -0.39 is 0 Å². The Labute approximate surface area is 86.0 Å². The van der Waals surface area contributed by atoms with Crippen molar-refractivity contribution < 1.29 is 9.84 Å². The van der Waals surface area contributed by atoms with Gasteiger partial charge in [0.25, 0.3) is 0 Å². The van der Waals surface area contributed by atoms with Crippen LogP contribution in [0.25, 0.3) is 0 Å². The Morgan fingerprint density at radius 3 is 2.64 bits per heavy atom. The van der Waals surface area contributed by atoms with Crippen molar-refractivity contribution in [3.05, 3.63) is 0 Å². The Morgan fingerprint density at radius 2 is 2.00 bits per heavy atom. The van der Waals surface area contributed by atoms with Crippen LogP contribution in [-0.2, 0) is 4.74 Å². The number of likely N-dealkylation sites (tertiary alicyclic amines) is 1. The molecule has 3 heteroatoms. The molecule has 0 aromatic carbocycles. The van der Waals surface area contributed by atoms with Gasteiger partial charge in [0, 0.05) is 26.2 Å². The van der Waals surface area contributed by atoms with E-state index >= 15 is 0 Å². The van der Waals surface area contributed by atoms with Gasteiger partial charge in [0.1, 0.15) is 0 Å². The first-order valence-corrected chi connectivity index (χ1v) is 5.76. The summed E-state index contributed by atoms with van der Waals surface area (Å²) in [7, 11) is 1.78. The summed E-state index contributed by atoms with van der Waals surface area (Å²) in [6, 6.07) is 0.406. The maximum absolute atomic E-state index is 9.91. The molecule has 2 fully saturated rings. The predicted octanol–water partition coefficient (Wildman–Crippen LogP) is 1.01. The summed E-state index contributed by atoms with van der Waals surface area (Å²) in [4.78, 5) is 2.41. The lowest BCUT2D eigenvalue weighted by atomic mass is 9.91. The minimum absolute atomic E-state index is 0.0978. The molecule has 0 spiro atoms. The van der Waals surface area contributed by atoms with Crippen molar-refractivity contribution in [1.29, 1.82) is 0 Å². The van der Waals surface area contributed by atoms with E-state index in [1.165, 1.54) is 12.8 Å². The molecule has 1 saturated carbocycles. The monoisotopic (exact) mass is 199 g/mol. The molecule has 1 heterocycles. The molecule has 2 aliphatic rings. The Morgan fingerprint density at radius 1 is 1.21 bits per heavy atom. The van der Waals surface area contributed by atoms with Crippen LogP contribution in [0.15, 0.2) is 0 Å². The highest BCUT2D eigenvalue weighted by molar-refractivity contribution is 4.88. The fourth-order valence-electron chi connectivity index (χ4n) is 2.77. The average Bonchev–Trinajstić information content (AvgIpc) is 2.67. The summed E-state index contributed by atoms with van der Waals surface area (Å²) in [5, 5.41) is 9.91. The zero-order valence-electron chi connectivity index (χ0n) is 8.98. The zero-order chi connectivity index (χ0) is 9.97. The number of hydrogen-bond acceptors (Lipinski definition) is 3. The number of rotatable bonds is 2. The van der Waals surface area contributed by atoms with Gasteiger partial charge < -0.3 is 9.84 Å². The van der Waals surface area contributed by atoms with Gasteiger partial charge in [-0.2, -0.15) is 0 Å². The molecular weight excluding hydrogens is 178 g/mol. The molecule has 0 aromatic rings. The maximum atomic E-state index is 9.91. The topological polar surface area (TPSA) is 32.7 Å². The molecule has 0 bridgehead atoms. The fraction of sp³-hybridized carbons (Fsp3) is 1.00. The van der Waals surface area contributed by atoms with Gasteiger partial charge in [-0.25, -0.2) is 0 Å². The SMILES string of the molecule is COC1CCN([C@H]2CCCC[C@@H]2O)C1. The van der Waals surface area contributed by atoms with Crippen LogP contribution in [0, 0.1) is 0 Å². The number of aliphatic hydroxyl groups is 1. The van der Waals surface area contributed by atoms with Crippen LogP contribution >= 0.6 is 0 Å². The summed E-state index contributed by atoms with van der Waals surface area (Å²) in [5.41, 5.74) is 0. The van der Waals surface area contributed by atoms with Gasteiger partial charge in [-0.15, -0.1) is 0 Å². The van der Waals surface area contributed by atoms with Crippen molar-refractivity contribution >= 4 is 0 Å². The number of ether oxygens (including phenoxy) is 1. The van der Waals surface area contributed by atoms with Gasteiger partial charge in [-0.1, -0.05) is 12.8 Å². The third-order valence-corrected chi connectivity index (χ3v) is 3.67. The van der Waals surface area contributed by atoms with E-state index in [1.54, 1.807) is 7.11 Å². The summed E-state index contributed by atoms with van der Waals surface area (Å²) < 4.78 is 5.34. The Kier molecular flexibility index (Phi) is 3.42. The van der Waals surface area contributed by atoms with Gasteiger partial charge in [-0.05, 0) is 19.3 Å². The van der Waals surface area contributed by atoms with E-state index in [1.807, 2.05) is 0 Å². The molecule has 3 nitrogen and oxygen atoms in total. The Balaban J connectivity index is 1.88. The fourth-order valence-corrected chi connectivity index (χ4v) is 2.77. The summed E-state index contributed by atoms with van der Waals surface area (Å²) in [6.07, 6.45) is 6.04. The Bertz CT molecular complexity index is 186. The largest absolute Gasteiger partial charge is 0.391 e. The van der Waals surface area contributed by atoms with E-state index in [0.717, 1.165) is 32.4 Å². The number of nitrogens with zero attached hydrogens (tertiary/aromatic N) is 1. The van der Waals surface area contributed by atoms with Crippen molar-refractivity contribution in [3.8, 4) is 0 Å². The van der Waals surface area contributed by atoms with E-state index in [4.69, 9.17) is 4.74 Å². The predicted molar refractivity (Wildman–Crippen MR) is 55.2 cm³/mol. The average molecular weight is 199 g/mol. The minimum Gasteiger partial charge on any atom is -0.391 e. The highest BCUT2D eigenvalue weighted by atomic mass is 16.5. The lowest BCUT2D eigenvalue weighted by molar-refractivity contribution is 0.0212. The number of aliphatic hydroxyl groups excluding tert-OH is 1. The first kappa shape index (κ1) is 10.4. The van der Waals surface area contributed by atoms with Gasteiger partial charge in [-0.3, -0.25) is 4.90 Å². The molecule has 3 atom stereocenters. The second-order valence-electron chi connectivity index (χ2n) is 4.56. The third kappa shape index (κ3) is 2.10. The van der Waals surface area contributed by atoms with Crippen molar-refractivity contribution in [3.63, 3.8) is 0 Å². The zero-order valence-corrected chi connectivity index (χ0v) is 8.98. The van der Waals surface area contributed by atoms with Crippen molar-refractivity contribution in [2.45, 2.75) is 50.4 Å². The van der Waals surface area contributed by atoms with Crippen LogP contribution in [0.2, 0.25) is 0 Å². The molecule has 1 unspecified atom stereocenters.